The molecule has 0 unspecified atom stereocenters. The van der Waals surface area contributed by atoms with Gasteiger partial charge in [-0.05, 0) is 54.5 Å². The number of carbonyl (C=O) groups is 1. The van der Waals surface area contributed by atoms with Crippen molar-refractivity contribution in [2.24, 2.45) is 0 Å². The molecule has 0 aliphatic heterocycles. The Morgan fingerprint density at radius 1 is 0.889 bits per heavy atom. The molecule has 0 radical (unpaired) electrons. The largest absolute Gasteiger partial charge is 0.356 e. The highest BCUT2D eigenvalue weighted by atomic mass is 16.1. The normalized spacial score (nSPS) is 10.4. The van der Waals surface area contributed by atoms with Crippen LogP contribution in [0.5, 0.6) is 0 Å². The van der Waals surface area contributed by atoms with E-state index in [1.54, 1.807) is 0 Å². The Labute approximate surface area is 163 Å². The molecule has 3 nitrogen and oxygen atoms in total. The van der Waals surface area contributed by atoms with Crippen LogP contribution in [0, 0.1) is 11.3 Å². The van der Waals surface area contributed by atoms with E-state index in [-0.39, 0.29) is 5.91 Å². The monoisotopic (exact) mass is 362 g/mol. The summed E-state index contributed by atoms with van der Waals surface area (Å²) in [5, 5.41) is 11.9. The molecule has 1 amide bonds. The Morgan fingerprint density at radius 3 is 2.15 bits per heavy atom. The first kappa shape index (κ1) is 20.7. The van der Waals surface area contributed by atoms with Gasteiger partial charge >= 0.3 is 0 Å². The Hall–Kier alpha value is -2.60. The van der Waals surface area contributed by atoms with Crippen molar-refractivity contribution in [1.29, 1.82) is 5.26 Å². The summed E-state index contributed by atoms with van der Waals surface area (Å²) >= 11 is 0. The molecule has 3 heteroatoms. The van der Waals surface area contributed by atoms with Crippen molar-refractivity contribution in [1.82, 2.24) is 5.32 Å². The SMILES string of the molecule is CCCCC(=O)NCCCCCCc1ccc(-c2ccc(C#N)cc2)cc1. The lowest BCUT2D eigenvalue weighted by Gasteiger charge is -2.06. The van der Waals surface area contributed by atoms with E-state index in [1.165, 1.54) is 24.0 Å². The van der Waals surface area contributed by atoms with Crippen LogP contribution in [0.25, 0.3) is 11.1 Å². The predicted molar refractivity (Wildman–Crippen MR) is 111 cm³/mol. The second-order valence-electron chi connectivity index (χ2n) is 7.00. The third-order valence-electron chi connectivity index (χ3n) is 4.77. The molecule has 0 bridgehead atoms. The number of carbonyl (C=O) groups excluding carboxylic acids is 1. The molecule has 0 heterocycles. The van der Waals surface area contributed by atoms with Crippen LogP contribution < -0.4 is 5.32 Å². The Balaban J connectivity index is 1.62. The molecule has 0 spiro atoms. The summed E-state index contributed by atoms with van der Waals surface area (Å²) in [5.74, 6) is 0.194. The van der Waals surface area contributed by atoms with Crippen molar-refractivity contribution in [3.8, 4) is 17.2 Å². The summed E-state index contributed by atoms with van der Waals surface area (Å²) in [6.45, 7) is 2.91. The van der Waals surface area contributed by atoms with E-state index in [9.17, 15) is 4.79 Å². The van der Waals surface area contributed by atoms with Crippen LogP contribution >= 0.6 is 0 Å². The fourth-order valence-electron chi connectivity index (χ4n) is 3.06. The maximum atomic E-state index is 11.5. The number of benzene rings is 2. The van der Waals surface area contributed by atoms with Gasteiger partial charge in [0.25, 0.3) is 0 Å². The van der Waals surface area contributed by atoms with E-state index >= 15 is 0 Å². The second kappa shape index (κ2) is 11.9. The lowest BCUT2D eigenvalue weighted by Crippen LogP contribution is -2.23. The first-order chi connectivity index (χ1) is 13.2. The number of amides is 1. The standard InChI is InChI=1S/C24H30N2O/c1-2-3-9-24(27)26-18-7-5-4-6-8-20-10-14-22(15-11-20)23-16-12-21(19-25)13-17-23/h10-17H,2-9,18H2,1H3,(H,26,27). The van der Waals surface area contributed by atoms with Crippen LogP contribution in [0.3, 0.4) is 0 Å². The third kappa shape index (κ3) is 7.66. The van der Waals surface area contributed by atoms with Crippen LogP contribution in [-0.4, -0.2) is 12.5 Å². The number of nitriles is 1. The lowest BCUT2D eigenvalue weighted by molar-refractivity contribution is -0.121. The Morgan fingerprint density at radius 2 is 1.52 bits per heavy atom. The number of hydrogen-bond donors (Lipinski definition) is 1. The first-order valence-electron chi connectivity index (χ1n) is 10.1. The van der Waals surface area contributed by atoms with Gasteiger partial charge in [-0.3, -0.25) is 4.79 Å². The van der Waals surface area contributed by atoms with E-state index in [2.05, 4.69) is 42.6 Å². The van der Waals surface area contributed by atoms with Crippen molar-refractivity contribution in [3.05, 3.63) is 59.7 Å². The molecule has 0 saturated heterocycles. The number of hydrogen-bond acceptors (Lipinski definition) is 2. The summed E-state index contributed by atoms with van der Waals surface area (Å²) in [4.78, 5) is 11.5. The summed E-state index contributed by atoms with van der Waals surface area (Å²) in [6.07, 6.45) is 8.41. The van der Waals surface area contributed by atoms with Gasteiger partial charge in [-0.2, -0.15) is 5.26 Å². The van der Waals surface area contributed by atoms with E-state index in [0.717, 1.165) is 44.2 Å². The van der Waals surface area contributed by atoms with Gasteiger partial charge in [-0.25, -0.2) is 0 Å². The fourth-order valence-corrected chi connectivity index (χ4v) is 3.06. The minimum Gasteiger partial charge on any atom is -0.356 e. The topological polar surface area (TPSA) is 52.9 Å². The number of nitrogens with one attached hydrogen (secondary N) is 1. The first-order valence-corrected chi connectivity index (χ1v) is 10.1. The Kier molecular flexibility index (Phi) is 9.13. The van der Waals surface area contributed by atoms with Gasteiger partial charge in [0.05, 0.1) is 11.6 Å². The van der Waals surface area contributed by atoms with Gasteiger partial charge in [0.1, 0.15) is 0 Å². The predicted octanol–water partition coefficient (Wildman–Crippen LogP) is 5.63. The highest BCUT2D eigenvalue weighted by Gasteiger charge is 2.01. The molecule has 0 saturated carbocycles. The number of rotatable bonds is 11. The van der Waals surface area contributed by atoms with Gasteiger partial charge in [-0.1, -0.05) is 62.6 Å². The zero-order chi connectivity index (χ0) is 19.3. The minimum absolute atomic E-state index is 0.194. The molecule has 2 rings (SSSR count). The molecule has 2 aromatic rings. The minimum atomic E-state index is 0.194. The van der Waals surface area contributed by atoms with Crippen molar-refractivity contribution in [2.45, 2.75) is 58.3 Å². The molecule has 2 aromatic carbocycles. The van der Waals surface area contributed by atoms with E-state index in [1.807, 2.05) is 24.3 Å². The van der Waals surface area contributed by atoms with Crippen LogP contribution in [-0.2, 0) is 11.2 Å². The number of unbranched alkanes of at least 4 members (excludes halogenated alkanes) is 4. The molecule has 27 heavy (non-hydrogen) atoms. The second-order valence-corrected chi connectivity index (χ2v) is 7.00. The lowest BCUT2D eigenvalue weighted by atomic mass is 10.0. The molecule has 0 aliphatic carbocycles. The zero-order valence-electron chi connectivity index (χ0n) is 16.3. The maximum Gasteiger partial charge on any atom is 0.219 e. The van der Waals surface area contributed by atoms with Gasteiger partial charge in [-0.15, -0.1) is 0 Å². The highest BCUT2D eigenvalue weighted by molar-refractivity contribution is 5.75. The fraction of sp³-hybridized carbons (Fsp3) is 0.417. The number of aryl methyl sites for hydroxylation is 1. The van der Waals surface area contributed by atoms with Gasteiger partial charge in [0.2, 0.25) is 5.91 Å². The number of nitrogens with zero attached hydrogens (tertiary/aromatic N) is 1. The molecule has 0 fully saturated rings. The summed E-state index contributed by atoms with van der Waals surface area (Å²) in [5.41, 5.74) is 4.37. The average Bonchev–Trinajstić information content (AvgIpc) is 2.72. The van der Waals surface area contributed by atoms with Crippen molar-refractivity contribution >= 4 is 5.91 Å². The molecule has 0 aromatic heterocycles. The molecule has 0 aliphatic rings. The average molecular weight is 363 g/mol. The summed E-state index contributed by atoms with van der Waals surface area (Å²) in [7, 11) is 0. The molecular weight excluding hydrogens is 332 g/mol. The van der Waals surface area contributed by atoms with Crippen molar-refractivity contribution < 1.29 is 4.79 Å². The quantitative estimate of drug-likeness (QED) is 0.526. The molecular formula is C24H30N2O. The zero-order valence-corrected chi connectivity index (χ0v) is 16.3. The van der Waals surface area contributed by atoms with E-state index in [4.69, 9.17) is 5.26 Å². The van der Waals surface area contributed by atoms with Crippen LogP contribution in [0.15, 0.2) is 48.5 Å². The van der Waals surface area contributed by atoms with Crippen LogP contribution in [0.1, 0.15) is 63.0 Å². The highest BCUT2D eigenvalue weighted by Crippen LogP contribution is 2.21. The van der Waals surface area contributed by atoms with Crippen LogP contribution in [0.4, 0.5) is 0 Å². The smallest absolute Gasteiger partial charge is 0.219 e. The van der Waals surface area contributed by atoms with Crippen molar-refractivity contribution in [3.63, 3.8) is 0 Å². The Bertz CT molecular complexity index is 726. The summed E-state index contributed by atoms with van der Waals surface area (Å²) < 4.78 is 0. The summed E-state index contributed by atoms with van der Waals surface area (Å²) in [6, 6.07) is 18.6. The molecule has 142 valence electrons. The third-order valence-corrected chi connectivity index (χ3v) is 4.77. The van der Waals surface area contributed by atoms with Gasteiger partial charge < -0.3 is 5.32 Å². The van der Waals surface area contributed by atoms with Gasteiger partial charge in [0.15, 0.2) is 0 Å². The van der Waals surface area contributed by atoms with E-state index < -0.39 is 0 Å². The van der Waals surface area contributed by atoms with Gasteiger partial charge in [0, 0.05) is 13.0 Å². The van der Waals surface area contributed by atoms with E-state index in [0.29, 0.717) is 12.0 Å². The maximum absolute atomic E-state index is 11.5. The van der Waals surface area contributed by atoms with Crippen LogP contribution in [0.2, 0.25) is 0 Å². The molecule has 1 N–H and O–H groups in total. The molecule has 0 atom stereocenters. The van der Waals surface area contributed by atoms with Crippen molar-refractivity contribution in [2.75, 3.05) is 6.54 Å².